The number of benzene rings is 1. The Labute approximate surface area is 114 Å². The van der Waals surface area contributed by atoms with Crippen molar-refractivity contribution in [1.29, 1.82) is 0 Å². The number of likely N-dealkylation sites (tertiary alicyclic amines) is 1. The van der Waals surface area contributed by atoms with Crippen LogP contribution in [0, 0.1) is 6.92 Å². The highest BCUT2D eigenvalue weighted by molar-refractivity contribution is 5.63. The van der Waals surface area contributed by atoms with E-state index in [1.165, 1.54) is 42.6 Å². The lowest BCUT2D eigenvalue weighted by Crippen LogP contribution is -2.18. The summed E-state index contributed by atoms with van der Waals surface area (Å²) < 4.78 is 0. The predicted molar refractivity (Wildman–Crippen MR) is 76.7 cm³/mol. The third-order valence-corrected chi connectivity index (χ3v) is 3.64. The average Bonchev–Trinajstić information content (AvgIpc) is 2.92. The summed E-state index contributed by atoms with van der Waals surface area (Å²) in [6.45, 7) is 5.68. The Kier molecular flexibility index (Phi) is 3.56. The van der Waals surface area contributed by atoms with Gasteiger partial charge in [-0.25, -0.2) is 9.97 Å². The first-order chi connectivity index (χ1) is 9.31. The summed E-state index contributed by atoms with van der Waals surface area (Å²) in [5.74, 6) is 0. The van der Waals surface area contributed by atoms with Crippen LogP contribution in [0.5, 0.6) is 0 Å². The molecule has 0 aliphatic carbocycles. The van der Waals surface area contributed by atoms with E-state index in [0.717, 1.165) is 12.1 Å². The zero-order valence-corrected chi connectivity index (χ0v) is 11.3. The maximum atomic E-state index is 4.10. The number of nitrogens with zero attached hydrogens (tertiary/aromatic N) is 3. The molecule has 1 saturated heterocycles. The lowest BCUT2D eigenvalue weighted by molar-refractivity contribution is 0.331. The molecule has 2 heterocycles. The summed E-state index contributed by atoms with van der Waals surface area (Å²) in [5.41, 5.74) is 5.00. The van der Waals surface area contributed by atoms with Crippen LogP contribution in [0.1, 0.15) is 24.0 Å². The fourth-order valence-corrected chi connectivity index (χ4v) is 2.77. The Bertz CT molecular complexity index is 545. The first-order valence-corrected chi connectivity index (χ1v) is 6.89. The Morgan fingerprint density at radius 1 is 1.00 bits per heavy atom. The molecule has 3 heteroatoms. The van der Waals surface area contributed by atoms with Crippen LogP contribution >= 0.6 is 0 Å². The van der Waals surface area contributed by atoms with Crippen LogP contribution in [-0.4, -0.2) is 28.0 Å². The van der Waals surface area contributed by atoms with Crippen LogP contribution in [0.15, 0.2) is 36.9 Å². The van der Waals surface area contributed by atoms with Gasteiger partial charge < -0.3 is 0 Å². The van der Waals surface area contributed by atoms with Gasteiger partial charge in [0.1, 0.15) is 6.33 Å². The molecule has 0 radical (unpaired) electrons. The van der Waals surface area contributed by atoms with Gasteiger partial charge >= 0.3 is 0 Å². The van der Waals surface area contributed by atoms with Crippen LogP contribution in [-0.2, 0) is 6.54 Å². The monoisotopic (exact) mass is 253 g/mol. The van der Waals surface area contributed by atoms with Crippen molar-refractivity contribution in [2.75, 3.05) is 13.1 Å². The highest BCUT2D eigenvalue weighted by Crippen LogP contribution is 2.22. The van der Waals surface area contributed by atoms with Gasteiger partial charge in [-0.05, 0) is 50.0 Å². The third-order valence-electron chi connectivity index (χ3n) is 3.64. The molecule has 0 N–H and O–H groups in total. The van der Waals surface area contributed by atoms with Gasteiger partial charge in [0.15, 0.2) is 0 Å². The van der Waals surface area contributed by atoms with E-state index < -0.39 is 0 Å². The summed E-state index contributed by atoms with van der Waals surface area (Å²) in [5, 5.41) is 0. The second-order valence-corrected chi connectivity index (χ2v) is 5.32. The first kappa shape index (κ1) is 12.3. The number of rotatable bonds is 3. The molecule has 0 atom stereocenters. The van der Waals surface area contributed by atoms with Crippen molar-refractivity contribution >= 4 is 0 Å². The quantitative estimate of drug-likeness (QED) is 0.842. The Morgan fingerprint density at radius 2 is 1.74 bits per heavy atom. The fraction of sp³-hybridized carbons (Fsp3) is 0.375. The number of aryl methyl sites for hydroxylation is 1. The predicted octanol–water partition coefficient (Wildman–Crippen LogP) is 3.05. The molecule has 0 amide bonds. The molecule has 0 saturated carbocycles. The average molecular weight is 253 g/mol. The lowest BCUT2D eigenvalue weighted by Gasteiger charge is -2.16. The van der Waals surface area contributed by atoms with E-state index in [4.69, 9.17) is 0 Å². The third kappa shape index (κ3) is 2.99. The van der Waals surface area contributed by atoms with Crippen LogP contribution in [0.3, 0.4) is 0 Å². The van der Waals surface area contributed by atoms with E-state index >= 15 is 0 Å². The smallest absolute Gasteiger partial charge is 0.115 e. The minimum Gasteiger partial charge on any atom is -0.299 e. The highest BCUT2D eigenvalue weighted by Gasteiger charge is 2.12. The second-order valence-electron chi connectivity index (χ2n) is 5.32. The molecule has 1 fully saturated rings. The molecule has 1 aliphatic rings. The molecule has 1 aliphatic heterocycles. The normalized spacial score (nSPS) is 15.8. The van der Waals surface area contributed by atoms with E-state index in [1.807, 2.05) is 12.4 Å². The van der Waals surface area contributed by atoms with Crippen molar-refractivity contribution < 1.29 is 0 Å². The van der Waals surface area contributed by atoms with Gasteiger partial charge in [0.25, 0.3) is 0 Å². The van der Waals surface area contributed by atoms with E-state index in [2.05, 4.69) is 40.0 Å². The van der Waals surface area contributed by atoms with E-state index in [1.54, 1.807) is 6.33 Å². The highest BCUT2D eigenvalue weighted by atomic mass is 15.1. The fourth-order valence-electron chi connectivity index (χ4n) is 2.77. The van der Waals surface area contributed by atoms with Crippen molar-refractivity contribution in [3.8, 4) is 11.1 Å². The topological polar surface area (TPSA) is 29.0 Å². The molecule has 0 spiro atoms. The zero-order chi connectivity index (χ0) is 13.1. The number of hydrogen-bond acceptors (Lipinski definition) is 3. The van der Waals surface area contributed by atoms with Gasteiger partial charge in [0.05, 0.1) is 0 Å². The lowest BCUT2D eigenvalue weighted by atomic mass is 10.0. The minimum absolute atomic E-state index is 1.06. The van der Waals surface area contributed by atoms with Crippen molar-refractivity contribution in [3.63, 3.8) is 0 Å². The van der Waals surface area contributed by atoms with Gasteiger partial charge in [0.2, 0.25) is 0 Å². The molecule has 0 unspecified atom stereocenters. The first-order valence-electron chi connectivity index (χ1n) is 6.89. The van der Waals surface area contributed by atoms with E-state index in [0.29, 0.717) is 0 Å². The van der Waals surface area contributed by atoms with E-state index in [-0.39, 0.29) is 0 Å². The van der Waals surface area contributed by atoms with Crippen LogP contribution in [0.4, 0.5) is 0 Å². The SMILES string of the molecule is Cc1cc(CN2CCCC2)cc(-c2cncnc2)c1. The molecule has 3 rings (SSSR count). The Hall–Kier alpha value is -1.74. The van der Waals surface area contributed by atoms with Crippen LogP contribution < -0.4 is 0 Å². The number of aromatic nitrogens is 2. The molecule has 0 bridgehead atoms. The standard InChI is InChI=1S/C16H19N3/c1-13-6-14(11-19-4-2-3-5-19)8-15(7-13)16-9-17-12-18-10-16/h6-10,12H,2-5,11H2,1H3. The van der Waals surface area contributed by atoms with Gasteiger partial charge in [-0.15, -0.1) is 0 Å². The minimum atomic E-state index is 1.06. The van der Waals surface area contributed by atoms with Crippen LogP contribution in [0.25, 0.3) is 11.1 Å². The van der Waals surface area contributed by atoms with Crippen molar-refractivity contribution in [1.82, 2.24) is 14.9 Å². The maximum Gasteiger partial charge on any atom is 0.115 e. The molecular weight excluding hydrogens is 234 g/mol. The summed E-state index contributed by atoms with van der Waals surface area (Å²) >= 11 is 0. The van der Waals surface area contributed by atoms with Crippen molar-refractivity contribution in [2.45, 2.75) is 26.3 Å². The maximum absolute atomic E-state index is 4.10. The number of hydrogen-bond donors (Lipinski definition) is 0. The molecule has 98 valence electrons. The van der Waals surface area contributed by atoms with Crippen molar-refractivity contribution in [2.24, 2.45) is 0 Å². The van der Waals surface area contributed by atoms with Gasteiger partial charge in [-0.2, -0.15) is 0 Å². The summed E-state index contributed by atoms with van der Waals surface area (Å²) in [6.07, 6.45) is 8.00. The Balaban J connectivity index is 1.87. The molecule has 19 heavy (non-hydrogen) atoms. The molecule has 1 aromatic carbocycles. The molecule has 1 aromatic heterocycles. The largest absolute Gasteiger partial charge is 0.299 e. The van der Waals surface area contributed by atoms with Gasteiger partial charge in [-0.1, -0.05) is 17.7 Å². The van der Waals surface area contributed by atoms with E-state index in [9.17, 15) is 0 Å². The second kappa shape index (κ2) is 5.49. The molecule has 3 nitrogen and oxygen atoms in total. The van der Waals surface area contributed by atoms with Gasteiger partial charge in [0, 0.05) is 24.5 Å². The molecular formula is C16H19N3. The Morgan fingerprint density at radius 3 is 2.47 bits per heavy atom. The van der Waals surface area contributed by atoms with Crippen LogP contribution in [0.2, 0.25) is 0 Å². The molecule has 2 aromatic rings. The zero-order valence-electron chi connectivity index (χ0n) is 11.3. The van der Waals surface area contributed by atoms with Crippen molar-refractivity contribution in [3.05, 3.63) is 48.0 Å². The summed E-state index contributed by atoms with van der Waals surface area (Å²) in [7, 11) is 0. The summed E-state index contributed by atoms with van der Waals surface area (Å²) in [4.78, 5) is 10.7. The summed E-state index contributed by atoms with van der Waals surface area (Å²) in [6, 6.07) is 6.75. The van der Waals surface area contributed by atoms with Gasteiger partial charge in [-0.3, -0.25) is 4.90 Å².